The van der Waals surface area contributed by atoms with Gasteiger partial charge >= 0.3 is 11.9 Å². The highest BCUT2D eigenvalue weighted by atomic mass is 16.5. The van der Waals surface area contributed by atoms with E-state index < -0.39 is 24.0 Å². The van der Waals surface area contributed by atoms with E-state index in [2.05, 4.69) is 0 Å². The van der Waals surface area contributed by atoms with Crippen molar-refractivity contribution in [3.63, 3.8) is 0 Å². The first-order valence-electron chi connectivity index (χ1n) is 4.41. The average Bonchev–Trinajstić information content (AvgIpc) is 2.15. The standard InChI is InChI=1S/C8H16N2O4/c1-2-3-4-14-8(13)6(10)5(9)7(11)12/h5-6H,2-4,9-10H2,1H3,(H,11,12)/t5?,6-/m0/s1. The van der Waals surface area contributed by atoms with E-state index in [1.807, 2.05) is 6.92 Å². The lowest BCUT2D eigenvalue weighted by Crippen LogP contribution is -2.52. The summed E-state index contributed by atoms with van der Waals surface area (Å²) in [5, 5.41) is 8.46. The molecule has 5 N–H and O–H groups in total. The highest BCUT2D eigenvalue weighted by Gasteiger charge is 2.28. The zero-order valence-corrected chi connectivity index (χ0v) is 8.10. The molecule has 0 saturated heterocycles. The third kappa shape index (κ3) is 4.20. The molecule has 0 heterocycles. The molecule has 0 saturated carbocycles. The quantitative estimate of drug-likeness (QED) is 0.380. The average molecular weight is 204 g/mol. The lowest BCUT2D eigenvalue weighted by atomic mass is 10.1. The summed E-state index contributed by atoms with van der Waals surface area (Å²) in [5.74, 6) is -2.08. The molecular formula is C8H16N2O4. The predicted octanol–water partition coefficient (Wildman–Crippen LogP) is -0.931. The Bertz CT molecular complexity index is 208. The summed E-state index contributed by atoms with van der Waals surface area (Å²) < 4.78 is 4.71. The molecule has 2 atom stereocenters. The van der Waals surface area contributed by atoms with Gasteiger partial charge in [-0.2, -0.15) is 0 Å². The molecule has 14 heavy (non-hydrogen) atoms. The third-order valence-electron chi connectivity index (χ3n) is 1.69. The van der Waals surface area contributed by atoms with Gasteiger partial charge in [0.05, 0.1) is 6.61 Å². The summed E-state index contributed by atoms with van der Waals surface area (Å²) in [6.07, 6.45) is 1.61. The van der Waals surface area contributed by atoms with Crippen LogP contribution in [0.1, 0.15) is 19.8 Å². The molecule has 1 unspecified atom stereocenters. The number of carboxylic acids is 1. The van der Waals surface area contributed by atoms with E-state index in [1.54, 1.807) is 0 Å². The molecule has 0 aromatic rings. The van der Waals surface area contributed by atoms with Crippen LogP contribution in [0.25, 0.3) is 0 Å². The molecule has 0 amide bonds. The molecule has 0 aliphatic carbocycles. The van der Waals surface area contributed by atoms with Crippen molar-refractivity contribution in [2.75, 3.05) is 6.61 Å². The van der Waals surface area contributed by atoms with Crippen molar-refractivity contribution in [1.29, 1.82) is 0 Å². The monoisotopic (exact) mass is 204 g/mol. The Hall–Kier alpha value is -1.14. The highest BCUT2D eigenvalue weighted by Crippen LogP contribution is 1.94. The summed E-state index contributed by atoms with van der Waals surface area (Å²) >= 11 is 0. The number of esters is 1. The van der Waals surface area contributed by atoms with Crippen molar-refractivity contribution in [1.82, 2.24) is 0 Å². The van der Waals surface area contributed by atoms with Crippen molar-refractivity contribution in [3.8, 4) is 0 Å². The number of rotatable bonds is 6. The first kappa shape index (κ1) is 12.9. The Morgan fingerprint density at radius 1 is 1.36 bits per heavy atom. The summed E-state index contributed by atoms with van der Waals surface area (Å²) in [6.45, 7) is 2.19. The van der Waals surface area contributed by atoms with Gasteiger partial charge in [0.25, 0.3) is 0 Å². The number of hydrogen-bond acceptors (Lipinski definition) is 5. The fraction of sp³-hybridized carbons (Fsp3) is 0.750. The van der Waals surface area contributed by atoms with Crippen molar-refractivity contribution >= 4 is 11.9 Å². The minimum atomic E-state index is -1.41. The lowest BCUT2D eigenvalue weighted by molar-refractivity contribution is -0.150. The molecule has 0 aliphatic heterocycles. The van der Waals surface area contributed by atoms with E-state index in [0.29, 0.717) is 0 Å². The first-order valence-corrected chi connectivity index (χ1v) is 4.41. The second kappa shape index (κ2) is 6.33. The third-order valence-corrected chi connectivity index (χ3v) is 1.69. The lowest BCUT2D eigenvalue weighted by Gasteiger charge is -2.14. The molecule has 0 aromatic heterocycles. The molecule has 0 bridgehead atoms. The second-order valence-corrected chi connectivity index (χ2v) is 2.91. The van der Waals surface area contributed by atoms with Crippen LogP contribution >= 0.6 is 0 Å². The van der Waals surface area contributed by atoms with Crippen LogP contribution in [0.15, 0.2) is 0 Å². The Morgan fingerprint density at radius 2 is 1.93 bits per heavy atom. The molecule has 6 heteroatoms. The van der Waals surface area contributed by atoms with Crippen LogP contribution in [0.5, 0.6) is 0 Å². The van der Waals surface area contributed by atoms with Crippen LogP contribution in [-0.4, -0.2) is 35.7 Å². The van der Waals surface area contributed by atoms with E-state index in [-0.39, 0.29) is 6.61 Å². The predicted molar refractivity (Wildman–Crippen MR) is 49.5 cm³/mol. The fourth-order valence-corrected chi connectivity index (χ4v) is 0.714. The van der Waals surface area contributed by atoms with Gasteiger partial charge < -0.3 is 21.3 Å². The van der Waals surface area contributed by atoms with Crippen molar-refractivity contribution in [2.45, 2.75) is 31.8 Å². The van der Waals surface area contributed by atoms with Gasteiger partial charge in [0.1, 0.15) is 12.1 Å². The Morgan fingerprint density at radius 3 is 2.36 bits per heavy atom. The van der Waals surface area contributed by atoms with Crippen molar-refractivity contribution < 1.29 is 19.4 Å². The molecule has 0 aliphatic rings. The van der Waals surface area contributed by atoms with E-state index in [1.165, 1.54) is 0 Å². The normalized spacial score (nSPS) is 14.5. The number of carbonyl (C=O) groups is 2. The molecular weight excluding hydrogens is 188 g/mol. The van der Waals surface area contributed by atoms with Gasteiger partial charge in [0.2, 0.25) is 0 Å². The van der Waals surface area contributed by atoms with Crippen LogP contribution in [0, 0.1) is 0 Å². The SMILES string of the molecule is CCCCOC(=O)[C@@H](N)C(N)C(=O)O. The van der Waals surface area contributed by atoms with Gasteiger partial charge in [-0.25, -0.2) is 0 Å². The molecule has 0 rings (SSSR count). The highest BCUT2D eigenvalue weighted by molar-refractivity contribution is 5.85. The number of carbonyl (C=O) groups excluding carboxylic acids is 1. The topological polar surface area (TPSA) is 116 Å². The number of hydrogen-bond donors (Lipinski definition) is 3. The zero-order valence-electron chi connectivity index (χ0n) is 8.10. The van der Waals surface area contributed by atoms with Gasteiger partial charge in [-0.1, -0.05) is 13.3 Å². The van der Waals surface area contributed by atoms with E-state index in [4.69, 9.17) is 21.3 Å². The maximum atomic E-state index is 11.1. The smallest absolute Gasteiger partial charge is 0.325 e. The maximum Gasteiger partial charge on any atom is 0.325 e. The van der Waals surface area contributed by atoms with Crippen LogP contribution in [-0.2, 0) is 14.3 Å². The minimum Gasteiger partial charge on any atom is -0.480 e. The van der Waals surface area contributed by atoms with Crippen LogP contribution in [0.2, 0.25) is 0 Å². The van der Waals surface area contributed by atoms with E-state index >= 15 is 0 Å². The van der Waals surface area contributed by atoms with Crippen LogP contribution in [0.3, 0.4) is 0 Å². The molecule has 0 aromatic carbocycles. The van der Waals surface area contributed by atoms with Gasteiger partial charge in [0.15, 0.2) is 0 Å². The number of nitrogens with two attached hydrogens (primary N) is 2. The second-order valence-electron chi connectivity index (χ2n) is 2.91. The van der Waals surface area contributed by atoms with Crippen molar-refractivity contribution in [3.05, 3.63) is 0 Å². The summed E-state index contributed by atoms with van der Waals surface area (Å²) in [5.41, 5.74) is 10.4. The Labute approximate surface area is 82.2 Å². The van der Waals surface area contributed by atoms with Crippen LogP contribution < -0.4 is 11.5 Å². The molecule has 0 radical (unpaired) electrons. The number of ether oxygens (including phenoxy) is 1. The Kier molecular flexibility index (Phi) is 5.82. The number of carboxylic acid groups (broad SMARTS) is 1. The van der Waals surface area contributed by atoms with Gasteiger partial charge in [-0.3, -0.25) is 9.59 Å². The summed E-state index contributed by atoms with van der Waals surface area (Å²) in [4.78, 5) is 21.4. The summed E-state index contributed by atoms with van der Waals surface area (Å²) in [6, 6.07) is -2.71. The molecule has 82 valence electrons. The molecule has 6 nitrogen and oxygen atoms in total. The minimum absolute atomic E-state index is 0.245. The van der Waals surface area contributed by atoms with Gasteiger partial charge in [-0.05, 0) is 6.42 Å². The van der Waals surface area contributed by atoms with Gasteiger partial charge in [-0.15, -0.1) is 0 Å². The van der Waals surface area contributed by atoms with E-state index in [9.17, 15) is 9.59 Å². The zero-order chi connectivity index (χ0) is 11.1. The Balaban J connectivity index is 3.92. The number of aliphatic carboxylic acids is 1. The van der Waals surface area contributed by atoms with Crippen molar-refractivity contribution in [2.24, 2.45) is 11.5 Å². The van der Waals surface area contributed by atoms with E-state index in [0.717, 1.165) is 12.8 Å². The summed E-state index contributed by atoms with van der Waals surface area (Å²) in [7, 11) is 0. The first-order chi connectivity index (χ1) is 6.50. The van der Waals surface area contributed by atoms with Crippen LogP contribution in [0.4, 0.5) is 0 Å². The maximum absolute atomic E-state index is 11.1. The van der Waals surface area contributed by atoms with Gasteiger partial charge in [0, 0.05) is 0 Å². The fourth-order valence-electron chi connectivity index (χ4n) is 0.714. The largest absolute Gasteiger partial charge is 0.480 e. The molecule has 0 fully saturated rings. The number of unbranched alkanes of at least 4 members (excludes halogenated alkanes) is 1. The molecule has 0 spiro atoms.